The van der Waals surface area contributed by atoms with Gasteiger partial charge in [-0.1, -0.05) is 0 Å². The van der Waals surface area contributed by atoms with E-state index in [1.807, 2.05) is 0 Å². The van der Waals surface area contributed by atoms with Gasteiger partial charge in [-0.15, -0.1) is 0 Å². The van der Waals surface area contributed by atoms with Gasteiger partial charge in [0.05, 0.1) is 19.3 Å². The fraction of sp³-hybridized carbons (Fsp3) is 0.667. The molecule has 22 heavy (non-hydrogen) atoms. The Kier molecular flexibility index (Phi) is 5.71. The molecule has 0 amide bonds. The number of ether oxygens (including phenoxy) is 2. The number of nitrogens with two attached hydrogens (primary N) is 1. The van der Waals surface area contributed by atoms with E-state index in [-0.39, 0.29) is 31.5 Å². The van der Waals surface area contributed by atoms with Crippen molar-refractivity contribution in [1.82, 2.24) is 9.55 Å². The first-order valence-electron chi connectivity index (χ1n) is 6.95. The van der Waals surface area contributed by atoms with E-state index in [1.54, 1.807) is 6.92 Å². The van der Waals surface area contributed by atoms with Gasteiger partial charge in [-0.3, -0.25) is 9.13 Å². The van der Waals surface area contributed by atoms with E-state index in [2.05, 4.69) is 4.98 Å². The van der Waals surface area contributed by atoms with Crippen LogP contribution in [-0.2, 0) is 18.6 Å². The number of hydrogen-bond acceptors (Lipinski definition) is 7. The van der Waals surface area contributed by atoms with Gasteiger partial charge in [0.2, 0.25) is 0 Å². The highest BCUT2D eigenvalue weighted by Gasteiger charge is 2.28. The van der Waals surface area contributed by atoms with Crippen molar-refractivity contribution in [2.75, 3.05) is 25.3 Å². The summed E-state index contributed by atoms with van der Waals surface area (Å²) in [6.45, 7) is 1.93. The predicted octanol–water partition coefficient (Wildman–Crippen LogP) is 0.699. The first-order chi connectivity index (χ1) is 10.4. The van der Waals surface area contributed by atoms with Crippen LogP contribution in [0, 0.1) is 0 Å². The molecule has 3 atom stereocenters. The molecule has 1 aliphatic rings. The maximum absolute atomic E-state index is 11.7. The van der Waals surface area contributed by atoms with Gasteiger partial charge in [-0.05, 0) is 25.8 Å². The number of aromatic nitrogens is 2. The fourth-order valence-corrected chi connectivity index (χ4v) is 3.01. The molecule has 1 fully saturated rings. The minimum Gasteiger partial charge on any atom is -0.383 e. The molecule has 0 aromatic carbocycles. The summed E-state index contributed by atoms with van der Waals surface area (Å²) in [5.74, 6) is 0.161. The Morgan fingerprint density at radius 3 is 3.05 bits per heavy atom. The van der Waals surface area contributed by atoms with Gasteiger partial charge < -0.3 is 24.6 Å². The van der Waals surface area contributed by atoms with Crippen LogP contribution in [0.5, 0.6) is 0 Å². The summed E-state index contributed by atoms with van der Waals surface area (Å²) in [6, 6.07) is 1.53. The van der Waals surface area contributed by atoms with E-state index >= 15 is 0 Å². The van der Waals surface area contributed by atoms with Crippen LogP contribution in [0.25, 0.3) is 0 Å². The Labute approximate surface area is 127 Å². The number of nitrogen functional groups attached to an aromatic ring is 1. The molecule has 1 aromatic heterocycles. The molecule has 0 spiro atoms. The molecule has 0 radical (unpaired) electrons. The Hall–Kier alpha value is -1.25. The molecule has 0 saturated carbocycles. The van der Waals surface area contributed by atoms with Gasteiger partial charge in [-0.25, -0.2) is 4.79 Å². The molecule has 0 aliphatic carbocycles. The van der Waals surface area contributed by atoms with Crippen molar-refractivity contribution in [3.05, 3.63) is 22.7 Å². The molecule has 2 heterocycles. The summed E-state index contributed by atoms with van der Waals surface area (Å²) < 4.78 is 28.4. The zero-order valence-electron chi connectivity index (χ0n) is 12.3. The molecule has 10 heteroatoms. The molecule has 1 unspecified atom stereocenters. The summed E-state index contributed by atoms with van der Waals surface area (Å²) >= 11 is 0. The average molecular weight is 333 g/mol. The standard InChI is InChI=1S/C12H20N3O6P/c1-2-20-22(17,18)8-19-7-9-3-4-11(21-9)15-6-5-10(13)14-12(15)16/h5-6,9,11H,2-4,7-8H2,1H3,(H,17,18)(H2,13,14,16)/t9-,11+/m0/s1. The Balaban J connectivity index is 1.83. The van der Waals surface area contributed by atoms with E-state index in [0.29, 0.717) is 12.8 Å². The molecule has 0 bridgehead atoms. The van der Waals surface area contributed by atoms with Crippen molar-refractivity contribution in [2.45, 2.75) is 32.1 Å². The van der Waals surface area contributed by atoms with Crippen LogP contribution < -0.4 is 11.4 Å². The van der Waals surface area contributed by atoms with Crippen molar-refractivity contribution in [2.24, 2.45) is 0 Å². The van der Waals surface area contributed by atoms with Gasteiger partial charge in [-0.2, -0.15) is 4.98 Å². The molecule has 1 aromatic rings. The highest BCUT2D eigenvalue weighted by atomic mass is 31.2. The van der Waals surface area contributed by atoms with Crippen LogP contribution in [0.2, 0.25) is 0 Å². The molecular formula is C12H20N3O6P. The Bertz CT molecular complexity index is 607. The van der Waals surface area contributed by atoms with Crippen LogP contribution in [0.3, 0.4) is 0 Å². The van der Waals surface area contributed by atoms with Crippen LogP contribution in [0.1, 0.15) is 26.0 Å². The van der Waals surface area contributed by atoms with Crippen LogP contribution in [0.15, 0.2) is 17.1 Å². The summed E-state index contributed by atoms with van der Waals surface area (Å²) in [6.07, 6.45) is 1.77. The number of rotatable bonds is 7. The molecule has 124 valence electrons. The number of nitrogens with zero attached hydrogens (tertiary/aromatic N) is 2. The van der Waals surface area contributed by atoms with Gasteiger partial charge in [0.15, 0.2) is 0 Å². The lowest BCUT2D eigenvalue weighted by Gasteiger charge is -2.16. The lowest BCUT2D eigenvalue weighted by molar-refractivity contribution is -0.0380. The highest BCUT2D eigenvalue weighted by Crippen LogP contribution is 2.41. The minimum absolute atomic E-state index is 0.145. The molecule has 1 aliphatic heterocycles. The second-order valence-electron chi connectivity index (χ2n) is 4.89. The zero-order valence-corrected chi connectivity index (χ0v) is 13.1. The van der Waals surface area contributed by atoms with Gasteiger partial charge in [0.1, 0.15) is 18.4 Å². The van der Waals surface area contributed by atoms with Gasteiger partial charge in [0.25, 0.3) is 0 Å². The monoisotopic (exact) mass is 333 g/mol. The second kappa shape index (κ2) is 7.34. The molecular weight excluding hydrogens is 313 g/mol. The molecule has 2 rings (SSSR count). The number of anilines is 1. The third-order valence-electron chi connectivity index (χ3n) is 3.14. The Morgan fingerprint density at radius 1 is 1.59 bits per heavy atom. The van der Waals surface area contributed by atoms with E-state index in [0.717, 1.165) is 0 Å². The molecule has 1 saturated heterocycles. The largest absolute Gasteiger partial charge is 0.383 e. The summed E-state index contributed by atoms with van der Waals surface area (Å²) in [4.78, 5) is 24.8. The lowest BCUT2D eigenvalue weighted by atomic mass is 10.2. The first-order valence-corrected chi connectivity index (χ1v) is 8.72. The van der Waals surface area contributed by atoms with E-state index in [9.17, 15) is 14.3 Å². The summed E-state index contributed by atoms with van der Waals surface area (Å²) in [5, 5.41) is 0. The Morgan fingerprint density at radius 2 is 2.36 bits per heavy atom. The van der Waals surface area contributed by atoms with E-state index < -0.39 is 19.5 Å². The summed E-state index contributed by atoms with van der Waals surface area (Å²) in [5.41, 5.74) is 4.97. The lowest BCUT2D eigenvalue weighted by Crippen LogP contribution is -2.28. The first kappa shape index (κ1) is 17.1. The van der Waals surface area contributed by atoms with Crippen molar-refractivity contribution in [3.8, 4) is 0 Å². The van der Waals surface area contributed by atoms with Gasteiger partial charge >= 0.3 is 13.3 Å². The van der Waals surface area contributed by atoms with Crippen LogP contribution >= 0.6 is 7.60 Å². The molecule has 9 nitrogen and oxygen atoms in total. The average Bonchev–Trinajstić information content (AvgIpc) is 2.87. The maximum atomic E-state index is 11.7. The normalized spacial score (nSPS) is 24.3. The van der Waals surface area contributed by atoms with Crippen molar-refractivity contribution >= 4 is 13.4 Å². The third-order valence-corrected chi connectivity index (χ3v) is 4.31. The highest BCUT2D eigenvalue weighted by molar-refractivity contribution is 7.52. The number of hydrogen-bond donors (Lipinski definition) is 2. The van der Waals surface area contributed by atoms with E-state index in [4.69, 9.17) is 19.7 Å². The van der Waals surface area contributed by atoms with Crippen molar-refractivity contribution in [3.63, 3.8) is 0 Å². The van der Waals surface area contributed by atoms with E-state index in [1.165, 1.54) is 16.8 Å². The molecule has 3 N–H and O–H groups in total. The third kappa shape index (κ3) is 4.62. The topological polar surface area (TPSA) is 126 Å². The minimum atomic E-state index is -3.69. The quantitative estimate of drug-likeness (QED) is 0.698. The predicted molar refractivity (Wildman–Crippen MR) is 78.3 cm³/mol. The smallest absolute Gasteiger partial charge is 0.353 e. The summed E-state index contributed by atoms with van der Waals surface area (Å²) in [7, 11) is -3.69. The van der Waals surface area contributed by atoms with Gasteiger partial charge in [0, 0.05) is 6.20 Å². The van der Waals surface area contributed by atoms with Crippen molar-refractivity contribution in [1.29, 1.82) is 0 Å². The van der Waals surface area contributed by atoms with Crippen LogP contribution in [-0.4, -0.2) is 40.1 Å². The second-order valence-corrected chi connectivity index (χ2v) is 6.68. The zero-order chi connectivity index (χ0) is 16.2. The maximum Gasteiger partial charge on any atom is 0.353 e. The van der Waals surface area contributed by atoms with Crippen molar-refractivity contribution < 1.29 is 23.5 Å². The van der Waals surface area contributed by atoms with Crippen LogP contribution in [0.4, 0.5) is 5.82 Å². The SMILES string of the molecule is CCOP(=O)(O)COC[C@@H]1CC[C@H](n2ccc(N)nc2=O)O1. The fourth-order valence-electron chi connectivity index (χ4n) is 2.20.